The molecule has 1 aromatic carbocycles. The van der Waals surface area contributed by atoms with E-state index in [0.29, 0.717) is 5.75 Å². The van der Waals surface area contributed by atoms with E-state index < -0.39 is 11.7 Å². The quantitative estimate of drug-likeness (QED) is 0.409. The molecule has 0 spiro atoms. The van der Waals surface area contributed by atoms with Crippen molar-refractivity contribution in [2.24, 2.45) is 0 Å². The molecule has 158 valence electrons. The number of ether oxygens (including phenoxy) is 1. The fourth-order valence-corrected chi connectivity index (χ4v) is 4.02. The van der Waals surface area contributed by atoms with Gasteiger partial charge in [0.2, 0.25) is 5.91 Å². The Balaban J connectivity index is 1.58. The van der Waals surface area contributed by atoms with Crippen LogP contribution in [0.4, 0.5) is 10.1 Å². The number of Topliss-reactive ketones (excluding diaryl/α,β-unsaturated/α-hetero) is 1. The van der Waals surface area contributed by atoms with E-state index >= 15 is 0 Å². The molecule has 3 heterocycles. The van der Waals surface area contributed by atoms with E-state index in [1.54, 1.807) is 18.6 Å². The van der Waals surface area contributed by atoms with E-state index in [1.807, 2.05) is 23.8 Å². The zero-order valence-corrected chi connectivity index (χ0v) is 17.7. The number of carbonyl (C=O) groups is 2. The molecule has 9 heteroatoms. The van der Waals surface area contributed by atoms with E-state index in [-0.39, 0.29) is 23.6 Å². The highest BCUT2D eigenvalue weighted by molar-refractivity contribution is 7.22. The Morgan fingerprint density at radius 1 is 1.19 bits per heavy atom. The van der Waals surface area contributed by atoms with Crippen molar-refractivity contribution >= 4 is 38.9 Å². The van der Waals surface area contributed by atoms with Gasteiger partial charge in [0, 0.05) is 36.8 Å². The highest BCUT2D eigenvalue weighted by Crippen LogP contribution is 2.39. The molecule has 4 rings (SSSR count). The summed E-state index contributed by atoms with van der Waals surface area (Å²) in [6, 6.07) is 7.71. The largest absolute Gasteiger partial charge is 0.453 e. The van der Waals surface area contributed by atoms with Crippen molar-refractivity contribution in [1.82, 2.24) is 14.5 Å². The number of amides is 1. The lowest BCUT2D eigenvalue weighted by atomic mass is 10.2. The van der Waals surface area contributed by atoms with Gasteiger partial charge in [-0.05, 0) is 32.0 Å². The number of nitrogens with one attached hydrogen (secondary N) is 1. The van der Waals surface area contributed by atoms with Gasteiger partial charge in [-0.25, -0.2) is 9.37 Å². The Labute approximate surface area is 181 Å². The van der Waals surface area contributed by atoms with Crippen molar-refractivity contribution in [2.45, 2.75) is 26.8 Å². The smallest absolute Gasteiger partial charge is 0.231 e. The number of ketones is 1. The molecular formula is C22H19FN4O3S. The molecule has 31 heavy (non-hydrogen) atoms. The monoisotopic (exact) mass is 438 g/mol. The van der Waals surface area contributed by atoms with Crippen LogP contribution in [0.25, 0.3) is 20.8 Å². The van der Waals surface area contributed by atoms with Crippen LogP contribution in [0.15, 0.2) is 49.1 Å². The molecule has 0 radical (unpaired) electrons. The molecular weight excluding hydrogens is 419 g/mol. The third-order valence-electron chi connectivity index (χ3n) is 4.47. The van der Waals surface area contributed by atoms with Crippen LogP contribution in [0.1, 0.15) is 20.3 Å². The van der Waals surface area contributed by atoms with Gasteiger partial charge < -0.3 is 14.6 Å². The molecule has 1 N–H and O–H groups in total. The van der Waals surface area contributed by atoms with Crippen molar-refractivity contribution in [3.05, 3.63) is 54.9 Å². The number of pyridine rings is 1. The van der Waals surface area contributed by atoms with Gasteiger partial charge >= 0.3 is 0 Å². The first-order chi connectivity index (χ1) is 14.9. The second-order valence-corrected chi connectivity index (χ2v) is 7.95. The molecule has 0 bridgehead atoms. The van der Waals surface area contributed by atoms with Crippen LogP contribution < -0.4 is 10.1 Å². The first-order valence-electron chi connectivity index (χ1n) is 9.60. The summed E-state index contributed by atoms with van der Waals surface area (Å²) < 4.78 is 23.2. The average Bonchev–Trinajstić information content (AvgIpc) is 3.36. The van der Waals surface area contributed by atoms with Crippen molar-refractivity contribution in [3.8, 4) is 22.1 Å². The fourth-order valence-electron chi connectivity index (χ4n) is 2.99. The summed E-state index contributed by atoms with van der Waals surface area (Å²) in [6.07, 6.45) is 5.08. The van der Waals surface area contributed by atoms with E-state index in [4.69, 9.17) is 4.74 Å². The summed E-state index contributed by atoms with van der Waals surface area (Å²) in [5.41, 5.74) is 1.82. The molecule has 3 aromatic heterocycles. The number of anilines is 1. The predicted octanol–water partition coefficient (Wildman–Crippen LogP) is 5.03. The lowest BCUT2D eigenvalue weighted by Crippen LogP contribution is -2.14. The van der Waals surface area contributed by atoms with Gasteiger partial charge in [0.05, 0.1) is 33.5 Å². The van der Waals surface area contributed by atoms with Crippen LogP contribution in [0.5, 0.6) is 11.5 Å². The average molecular weight is 438 g/mol. The second-order valence-electron chi connectivity index (χ2n) is 6.90. The Kier molecular flexibility index (Phi) is 5.77. The maximum atomic E-state index is 14.6. The molecule has 0 atom stereocenters. The van der Waals surface area contributed by atoms with E-state index in [9.17, 15) is 14.0 Å². The molecule has 1 amide bonds. The molecule has 4 aromatic rings. The number of fused-ring (bicyclic) bond motifs is 1. The van der Waals surface area contributed by atoms with Gasteiger partial charge in [0.1, 0.15) is 11.5 Å². The van der Waals surface area contributed by atoms with Crippen molar-refractivity contribution < 1.29 is 18.7 Å². The number of carbonyl (C=O) groups excluding carboxylic acids is 2. The Bertz CT molecular complexity index is 1280. The molecule has 0 unspecified atom stereocenters. The molecule has 0 aliphatic rings. The van der Waals surface area contributed by atoms with Gasteiger partial charge in [0.15, 0.2) is 11.6 Å². The minimum Gasteiger partial charge on any atom is -0.453 e. The topological polar surface area (TPSA) is 86.1 Å². The zero-order chi connectivity index (χ0) is 22.0. The van der Waals surface area contributed by atoms with Crippen LogP contribution in [0.2, 0.25) is 0 Å². The Hall–Kier alpha value is -3.59. The van der Waals surface area contributed by atoms with E-state index in [1.165, 1.54) is 30.4 Å². The number of imidazole rings is 1. The summed E-state index contributed by atoms with van der Waals surface area (Å²) in [4.78, 5) is 32.5. The number of nitrogens with zero attached hydrogens (tertiary/aromatic N) is 3. The van der Waals surface area contributed by atoms with Gasteiger partial charge in [-0.3, -0.25) is 14.6 Å². The van der Waals surface area contributed by atoms with Crippen LogP contribution in [-0.2, 0) is 16.1 Å². The lowest BCUT2D eigenvalue weighted by molar-refractivity contribution is -0.124. The molecule has 7 nitrogen and oxygen atoms in total. The number of hydrogen-bond donors (Lipinski definition) is 1. The summed E-state index contributed by atoms with van der Waals surface area (Å²) in [5.74, 6) is -0.903. The number of thiophene rings is 1. The zero-order valence-electron chi connectivity index (χ0n) is 16.9. The highest BCUT2D eigenvalue weighted by Gasteiger charge is 2.15. The maximum Gasteiger partial charge on any atom is 0.231 e. The molecule has 0 aliphatic heterocycles. The van der Waals surface area contributed by atoms with Gasteiger partial charge in [-0.15, -0.1) is 11.3 Å². The lowest BCUT2D eigenvalue weighted by Gasteiger charge is -2.09. The molecule has 0 aliphatic carbocycles. The normalized spacial score (nSPS) is 10.9. The molecule has 0 saturated heterocycles. The predicted molar refractivity (Wildman–Crippen MR) is 117 cm³/mol. The van der Waals surface area contributed by atoms with Crippen LogP contribution >= 0.6 is 11.3 Å². The van der Waals surface area contributed by atoms with Crippen molar-refractivity contribution in [2.75, 3.05) is 5.32 Å². The van der Waals surface area contributed by atoms with E-state index in [2.05, 4.69) is 15.3 Å². The SMILES string of the molecule is CCn1cnc(-c2cc3nccc(Oc4ccc(NC(=O)CC(C)=O)cc4F)c3s2)c1. The number of benzene rings is 1. The maximum absolute atomic E-state index is 14.6. The number of halogens is 1. The van der Waals surface area contributed by atoms with Gasteiger partial charge in [0.25, 0.3) is 0 Å². The minimum atomic E-state index is -0.635. The number of hydrogen-bond acceptors (Lipinski definition) is 6. The molecule has 0 fully saturated rings. The third-order valence-corrected chi connectivity index (χ3v) is 5.63. The van der Waals surface area contributed by atoms with Crippen molar-refractivity contribution in [3.63, 3.8) is 0 Å². The number of aryl methyl sites for hydroxylation is 1. The standard InChI is InChI=1S/C22H19FN4O3S/c1-3-27-11-17(25-12-27)20-10-16-22(31-20)19(6-7-24-16)30-18-5-4-14(9-15(18)23)26-21(29)8-13(2)28/h4-7,9-12H,3,8H2,1-2H3,(H,26,29). The summed E-state index contributed by atoms with van der Waals surface area (Å²) in [6.45, 7) is 4.19. The first-order valence-corrected chi connectivity index (χ1v) is 10.4. The highest BCUT2D eigenvalue weighted by atomic mass is 32.1. The van der Waals surface area contributed by atoms with Gasteiger partial charge in [-0.1, -0.05) is 0 Å². The number of aromatic nitrogens is 3. The summed E-state index contributed by atoms with van der Waals surface area (Å²) in [5, 5.41) is 2.49. The van der Waals surface area contributed by atoms with E-state index in [0.717, 1.165) is 33.4 Å². The first kappa shape index (κ1) is 20.7. The Morgan fingerprint density at radius 3 is 2.74 bits per heavy atom. The summed E-state index contributed by atoms with van der Waals surface area (Å²) in [7, 11) is 0. The van der Waals surface area contributed by atoms with Crippen LogP contribution in [-0.4, -0.2) is 26.2 Å². The second kappa shape index (κ2) is 8.65. The van der Waals surface area contributed by atoms with Crippen LogP contribution in [0.3, 0.4) is 0 Å². The third kappa shape index (κ3) is 4.61. The van der Waals surface area contributed by atoms with Gasteiger partial charge in [-0.2, -0.15) is 0 Å². The van der Waals surface area contributed by atoms with Crippen LogP contribution in [0, 0.1) is 5.82 Å². The van der Waals surface area contributed by atoms with Crippen molar-refractivity contribution in [1.29, 1.82) is 0 Å². The summed E-state index contributed by atoms with van der Waals surface area (Å²) >= 11 is 1.47. The minimum absolute atomic E-state index is 0.0160. The fraction of sp³-hybridized carbons (Fsp3) is 0.182. The Morgan fingerprint density at radius 2 is 2.03 bits per heavy atom. The molecule has 0 saturated carbocycles. The number of rotatable bonds is 7.